The predicted octanol–water partition coefficient (Wildman–Crippen LogP) is 3.13. The molecule has 36 heavy (non-hydrogen) atoms. The van der Waals surface area contributed by atoms with Crippen molar-refractivity contribution in [3.05, 3.63) is 53.5 Å². The fraction of sp³-hybridized carbons (Fsp3) is 0.577. The van der Waals surface area contributed by atoms with E-state index in [-0.39, 0.29) is 12.1 Å². The van der Waals surface area contributed by atoms with Crippen LogP contribution in [-0.4, -0.2) is 85.4 Å². The summed E-state index contributed by atoms with van der Waals surface area (Å²) in [4.78, 5) is 7.30. The molecule has 5 atom stereocenters. The molecule has 8 nitrogen and oxygen atoms in total. The quantitative estimate of drug-likeness (QED) is 0.206. The van der Waals surface area contributed by atoms with Crippen LogP contribution in [0.5, 0.6) is 0 Å². The Morgan fingerprint density at radius 3 is 2.67 bits per heavy atom. The van der Waals surface area contributed by atoms with Crippen LogP contribution >= 0.6 is 11.8 Å². The van der Waals surface area contributed by atoms with Crippen molar-refractivity contribution in [1.29, 1.82) is 0 Å². The summed E-state index contributed by atoms with van der Waals surface area (Å²) in [5.74, 6) is 6.18. The van der Waals surface area contributed by atoms with Crippen molar-refractivity contribution >= 4 is 22.9 Å². The SMILES string of the molecule is CC=N/C=C(\SC)c1ccc(CC(CF)N(N)/C=C(\N)CCN(C)C2CC(C)OC(OC)C2O)cc1. The lowest BCUT2D eigenvalue weighted by Crippen LogP contribution is -2.55. The van der Waals surface area contributed by atoms with Crippen LogP contribution in [0.2, 0.25) is 0 Å². The number of hydrogen-bond donors (Lipinski definition) is 3. The zero-order valence-electron chi connectivity index (χ0n) is 22.0. The summed E-state index contributed by atoms with van der Waals surface area (Å²) < 4.78 is 24.8. The largest absolute Gasteiger partial charge is 0.401 e. The molecule has 202 valence electrons. The molecule has 2 rings (SSSR count). The van der Waals surface area contributed by atoms with Crippen molar-refractivity contribution in [2.45, 2.75) is 63.7 Å². The highest BCUT2D eigenvalue weighted by Crippen LogP contribution is 2.26. The van der Waals surface area contributed by atoms with Crippen LogP contribution in [0.3, 0.4) is 0 Å². The standard InChI is InChI=1S/C26H42FN5O3S/c1-6-30-16-24(36-5)20-9-7-19(8-10-20)14-22(15-27)32(29)17-21(28)11-12-31(3)23-13-18(2)35-26(34-4)25(23)33/h6-10,16-18,22-23,25-26,33H,11-15,28-29H2,1-5H3/b21-17-,24-16-,30-6?. The number of benzene rings is 1. The number of nitrogens with two attached hydrogens (primary N) is 2. The van der Waals surface area contributed by atoms with Gasteiger partial charge in [-0.3, -0.25) is 4.99 Å². The van der Waals surface area contributed by atoms with Gasteiger partial charge in [-0.2, -0.15) is 0 Å². The van der Waals surface area contributed by atoms with E-state index in [0.717, 1.165) is 16.0 Å². The molecule has 1 aliphatic heterocycles. The number of likely N-dealkylation sites (N-methyl/N-ethyl adjacent to an activating group) is 1. The highest BCUT2D eigenvalue weighted by Gasteiger charge is 2.38. The number of aliphatic hydroxyl groups is 1. The van der Waals surface area contributed by atoms with E-state index in [9.17, 15) is 9.50 Å². The van der Waals surface area contributed by atoms with Crippen LogP contribution in [0.15, 0.2) is 47.4 Å². The van der Waals surface area contributed by atoms with Crippen molar-refractivity contribution in [2.75, 3.05) is 33.6 Å². The van der Waals surface area contributed by atoms with Crippen molar-refractivity contribution in [3.8, 4) is 0 Å². The van der Waals surface area contributed by atoms with Gasteiger partial charge in [-0.25, -0.2) is 10.2 Å². The third-order valence-electron chi connectivity index (χ3n) is 6.35. The molecule has 1 fully saturated rings. The summed E-state index contributed by atoms with van der Waals surface area (Å²) in [5.41, 5.74) is 8.81. The van der Waals surface area contributed by atoms with Gasteiger partial charge >= 0.3 is 0 Å². The highest BCUT2D eigenvalue weighted by atomic mass is 32.2. The maximum atomic E-state index is 13.9. The predicted molar refractivity (Wildman–Crippen MR) is 147 cm³/mol. The lowest BCUT2D eigenvalue weighted by molar-refractivity contribution is -0.243. The molecule has 0 spiro atoms. The minimum atomic E-state index is -0.753. The van der Waals surface area contributed by atoms with E-state index in [4.69, 9.17) is 21.1 Å². The average molecular weight is 524 g/mol. The van der Waals surface area contributed by atoms with E-state index in [1.165, 1.54) is 12.1 Å². The number of thioether (sulfide) groups is 1. The number of aliphatic imine (C=N–C) groups is 1. The van der Waals surface area contributed by atoms with E-state index in [1.54, 1.807) is 24.2 Å². The van der Waals surface area contributed by atoms with Gasteiger partial charge in [0.15, 0.2) is 6.29 Å². The first-order chi connectivity index (χ1) is 17.2. The second-order valence-corrected chi connectivity index (χ2v) is 9.89. The summed E-state index contributed by atoms with van der Waals surface area (Å²) in [6.07, 6.45) is 7.42. The number of nitrogens with zero attached hydrogens (tertiary/aromatic N) is 3. The Labute approximate surface area is 219 Å². The van der Waals surface area contributed by atoms with E-state index in [1.807, 2.05) is 57.6 Å². The second-order valence-electron chi connectivity index (χ2n) is 9.04. The lowest BCUT2D eigenvalue weighted by Gasteiger charge is -2.41. The van der Waals surface area contributed by atoms with Crippen molar-refractivity contribution in [3.63, 3.8) is 0 Å². The van der Waals surface area contributed by atoms with Gasteiger partial charge in [0.1, 0.15) is 12.8 Å². The molecule has 10 heteroatoms. The fourth-order valence-electron chi connectivity index (χ4n) is 4.20. The molecule has 1 heterocycles. The van der Waals surface area contributed by atoms with Gasteiger partial charge in [-0.1, -0.05) is 24.3 Å². The molecular weight excluding hydrogens is 481 g/mol. The summed E-state index contributed by atoms with van der Waals surface area (Å²) in [7, 11) is 3.46. The van der Waals surface area contributed by atoms with Gasteiger partial charge in [-0.15, -0.1) is 11.8 Å². The van der Waals surface area contributed by atoms with Crippen LogP contribution in [0.1, 0.15) is 37.8 Å². The normalized spacial score (nSPS) is 24.5. The van der Waals surface area contributed by atoms with Crippen molar-refractivity contribution in [2.24, 2.45) is 16.6 Å². The number of ether oxygens (including phenoxy) is 2. The topological polar surface area (TPSA) is 110 Å². The Balaban J connectivity index is 1.95. The first-order valence-electron chi connectivity index (χ1n) is 12.2. The number of aliphatic hydroxyl groups excluding tert-OH is 1. The van der Waals surface area contributed by atoms with Gasteiger partial charge in [0.05, 0.1) is 12.1 Å². The van der Waals surface area contributed by atoms with Gasteiger partial charge in [-0.05, 0) is 51.1 Å². The summed E-state index contributed by atoms with van der Waals surface area (Å²) in [5, 5.41) is 11.9. The van der Waals surface area contributed by atoms with Gasteiger partial charge in [0, 0.05) is 55.3 Å². The third-order valence-corrected chi connectivity index (χ3v) is 7.13. The smallest absolute Gasteiger partial charge is 0.184 e. The Hall–Kier alpha value is -1.95. The van der Waals surface area contributed by atoms with Crippen molar-refractivity contribution < 1.29 is 19.0 Å². The molecular formula is C26H42FN5O3S. The summed E-state index contributed by atoms with van der Waals surface area (Å²) in [6.45, 7) is 3.84. The number of halogens is 1. The van der Waals surface area contributed by atoms with E-state index >= 15 is 0 Å². The molecule has 0 saturated carbocycles. The monoisotopic (exact) mass is 523 g/mol. The maximum Gasteiger partial charge on any atom is 0.184 e. The summed E-state index contributed by atoms with van der Waals surface area (Å²) >= 11 is 1.62. The minimum Gasteiger partial charge on any atom is -0.401 e. The molecule has 1 aromatic carbocycles. The molecule has 0 radical (unpaired) electrons. The average Bonchev–Trinajstić information content (AvgIpc) is 2.87. The fourth-order valence-corrected chi connectivity index (χ4v) is 4.74. The second kappa shape index (κ2) is 15.3. The third kappa shape index (κ3) is 8.86. The van der Waals surface area contributed by atoms with Crippen LogP contribution in [0.25, 0.3) is 4.91 Å². The minimum absolute atomic E-state index is 0.0224. The molecule has 1 aromatic rings. The Morgan fingerprint density at radius 1 is 1.39 bits per heavy atom. The highest BCUT2D eigenvalue weighted by molar-refractivity contribution is 8.07. The Bertz CT molecular complexity index is 883. The number of hydrazine groups is 1. The molecule has 0 aliphatic carbocycles. The Morgan fingerprint density at radius 2 is 2.08 bits per heavy atom. The number of alkyl halides is 1. The Kier molecular flexibility index (Phi) is 12.9. The molecule has 1 aliphatic rings. The van der Waals surface area contributed by atoms with Crippen LogP contribution in [0.4, 0.5) is 4.39 Å². The van der Waals surface area contributed by atoms with Crippen LogP contribution in [-0.2, 0) is 15.9 Å². The lowest BCUT2D eigenvalue weighted by atomic mass is 9.98. The number of methoxy groups -OCH3 is 1. The molecule has 5 N–H and O–H groups in total. The van der Waals surface area contributed by atoms with Crippen LogP contribution < -0.4 is 11.6 Å². The molecule has 0 aromatic heterocycles. The molecule has 5 unspecified atom stereocenters. The number of hydrogen-bond acceptors (Lipinski definition) is 9. The summed E-state index contributed by atoms with van der Waals surface area (Å²) in [6, 6.07) is 7.35. The van der Waals surface area contributed by atoms with Gasteiger partial charge in [0.2, 0.25) is 0 Å². The zero-order valence-corrected chi connectivity index (χ0v) is 22.8. The van der Waals surface area contributed by atoms with Gasteiger partial charge in [0.25, 0.3) is 0 Å². The zero-order chi connectivity index (χ0) is 26.7. The molecule has 0 amide bonds. The van der Waals surface area contributed by atoms with E-state index in [0.29, 0.717) is 31.5 Å². The first-order valence-corrected chi connectivity index (χ1v) is 13.4. The van der Waals surface area contributed by atoms with Crippen LogP contribution in [0, 0.1) is 0 Å². The van der Waals surface area contributed by atoms with Crippen molar-refractivity contribution in [1.82, 2.24) is 9.91 Å². The molecule has 0 bridgehead atoms. The van der Waals surface area contributed by atoms with E-state index in [2.05, 4.69) is 9.89 Å². The first kappa shape index (κ1) is 30.3. The number of rotatable bonds is 13. The maximum absolute atomic E-state index is 13.9. The molecule has 1 saturated heterocycles. The van der Waals surface area contributed by atoms with E-state index < -0.39 is 25.1 Å². The van der Waals surface area contributed by atoms with Gasteiger partial charge < -0.3 is 30.2 Å².